The van der Waals surface area contributed by atoms with Gasteiger partial charge in [-0.15, -0.1) is 0 Å². The maximum absolute atomic E-state index is 13.3. The van der Waals surface area contributed by atoms with E-state index >= 15 is 0 Å². The van der Waals surface area contributed by atoms with E-state index in [1.807, 2.05) is 47.4 Å². The Labute approximate surface area is 168 Å². The molecule has 3 aliphatic rings. The van der Waals surface area contributed by atoms with Gasteiger partial charge in [-0.25, -0.2) is 0 Å². The second-order valence-electron chi connectivity index (χ2n) is 7.93. The molecular formula is C22H21ClN2O3. The van der Waals surface area contributed by atoms with Crippen LogP contribution in [-0.4, -0.2) is 35.5 Å². The SMILES string of the molecule is O=C1NC2(CCN(C(=O)C3(c4ccc(Cl)cc4)CC3)CC2)Oc2ccccc21. The Morgan fingerprint density at radius 1 is 1.00 bits per heavy atom. The number of nitrogens with zero attached hydrogens (tertiary/aromatic N) is 1. The number of para-hydroxylation sites is 1. The summed E-state index contributed by atoms with van der Waals surface area (Å²) in [7, 11) is 0. The molecule has 0 unspecified atom stereocenters. The highest BCUT2D eigenvalue weighted by molar-refractivity contribution is 6.30. The van der Waals surface area contributed by atoms with Crippen molar-refractivity contribution in [2.45, 2.75) is 36.8 Å². The number of piperidine rings is 1. The number of hydrogen-bond donors (Lipinski definition) is 1. The molecule has 6 heteroatoms. The molecule has 0 aromatic heterocycles. The average molecular weight is 397 g/mol. The molecule has 2 aliphatic heterocycles. The van der Waals surface area contributed by atoms with Crippen molar-refractivity contribution >= 4 is 23.4 Å². The number of benzene rings is 2. The van der Waals surface area contributed by atoms with Gasteiger partial charge in [0.15, 0.2) is 5.72 Å². The molecule has 1 aliphatic carbocycles. The van der Waals surface area contributed by atoms with E-state index in [4.69, 9.17) is 16.3 Å². The predicted octanol–water partition coefficient (Wildman–Crippen LogP) is 3.51. The van der Waals surface area contributed by atoms with Crippen molar-refractivity contribution in [2.75, 3.05) is 13.1 Å². The molecule has 2 fully saturated rings. The number of rotatable bonds is 2. The molecule has 5 nitrogen and oxygen atoms in total. The zero-order valence-corrected chi connectivity index (χ0v) is 16.2. The molecule has 2 aromatic carbocycles. The lowest BCUT2D eigenvalue weighted by molar-refractivity contribution is -0.138. The zero-order valence-electron chi connectivity index (χ0n) is 15.4. The molecule has 28 heavy (non-hydrogen) atoms. The summed E-state index contributed by atoms with van der Waals surface area (Å²) in [4.78, 5) is 27.7. The normalized spacial score (nSPS) is 21.5. The van der Waals surface area contributed by atoms with Crippen molar-refractivity contribution in [2.24, 2.45) is 0 Å². The lowest BCUT2D eigenvalue weighted by Gasteiger charge is -2.45. The van der Waals surface area contributed by atoms with Crippen molar-refractivity contribution in [1.82, 2.24) is 10.2 Å². The van der Waals surface area contributed by atoms with E-state index in [1.165, 1.54) is 0 Å². The fourth-order valence-electron chi connectivity index (χ4n) is 4.37. The van der Waals surface area contributed by atoms with Gasteiger partial charge in [-0.1, -0.05) is 35.9 Å². The van der Waals surface area contributed by atoms with Crippen LogP contribution in [-0.2, 0) is 10.2 Å². The molecule has 1 saturated carbocycles. The van der Waals surface area contributed by atoms with E-state index in [-0.39, 0.29) is 11.8 Å². The molecule has 1 N–H and O–H groups in total. The first kappa shape index (κ1) is 17.6. The summed E-state index contributed by atoms with van der Waals surface area (Å²) >= 11 is 6.00. The number of likely N-dealkylation sites (tertiary alicyclic amines) is 1. The highest BCUT2D eigenvalue weighted by atomic mass is 35.5. The van der Waals surface area contributed by atoms with Gasteiger partial charge in [0.05, 0.1) is 11.0 Å². The fraction of sp³-hybridized carbons (Fsp3) is 0.364. The highest BCUT2D eigenvalue weighted by Crippen LogP contribution is 2.50. The first-order chi connectivity index (χ1) is 13.5. The Hall–Kier alpha value is -2.53. The van der Waals surface area contributed by atoms with Gasteiger partial charge in [0.1, 0.15) is 5.75 Å². The minimum absolute atomic E-state index is 0.110. The molecule has 2 aromatic rings. The first-order valence-electron chi connectivity index (χ1n) is 9.67. The van der Waals surface area contributed by atoms with Crippen LogP contribution in [0.5, 0.6) is 5.75 Å². The van der Waals surface area contributed by atoms with Crippen molar-refractivity contribution in [1.29, 1.82) is 0 Å². The first-order valence-corrected chi connectivity index (χ1v) is 10.1. The van der Waals surface area contributed by atoms with Crippen molar-refractivity contribution in [3.63, 3.8) is 0 Å². The number of halogens is 1. The Kier molecular flexibility index (Phi) is 3.91. The van der Waals surface area contributed by atoms with E-state index < -0.39 is 11.1 Å². The number of ether oxygens (including phenoxy) is 1. The van der Waals surface area contributed by atoms with Gasteiger partial charge >= 0.3 is 0 Å². The van der Waals surface area contributed by atoms with E-state index in [1.54, 1.807) is 6.07 Å². The summed E-state index contributed by atoms with van der Waals surface area (Å²) in [5.74, 6) is 0.680. The number of carbonyl (C=O) groups excluding carboxylic acids is 2. The molecule has 0 atom stereocenters. The number of carbonyl (C=O) groups is 2. The van der Waals surface area contributed by atoms with Crippen LogP contribution in [0.25, 0.3) is 0 Å². The lowest BCUT2D eigenvalue weighted by atomic mass is 9.91. The molecule has 5 rings (SSSR count). The molecule has 2 amide bonds. The maximum Gasteiger partial charge on any atom is 0.258 e. The molecular weight excluding hydrogens is 376 g/mol. The number of nitrogens with one attached hydrogen (secondary N) is 1. The lowest BCUT2D eigenvalue weighted by Crippen LogP contribution is -2.62. The molecule has 0 radical (unpaired) electrons. The second kappa shape index (κ2) is 6.24. The van der Waals surface area contributed by atoms with Crippen LogP contribution in [0, 0.1) is 0 Å². The van der Waals surface area contributed by atoms with Gasteiger partial charge in [-0.05, 0) is 42.7 Å². The fourth-order valence-corrected chi connectivity index (χ4v) is 4.50. The standard InChI is InChI=1S/C22H21ClN2O3/c23-16-7-5-15(6-8-16)21(9-10-21)20(27)25-13-11-22(12-14-25)24-19(26)17-3-1-2-4-18(17)28-22/h1-8H,9-14H2,(H,24,26). The molecule has 144 valence electrons. The summed E-state index contributed by atoms with van der Waals surface area (Å²) in [6.45, 7) is 1.13. The third-order valence-electron chi connectivity index (χ3n) is 6.19. The number of fused-ring (bicyclic) bond motifs is 1. The summed E-state index contributed by atoms with van der Waals surface area (Å²) < 4.78 is 6.17. The van der Waals surface area contributed by atoms with Crippen molar-refractivity contribution in [3.05, 3.63) is 64.7 Å². The Morgan fingerprint density at radius 3 is 2.36 bits per heavy atom. The average Bonchev–Trinajstić information content (AvgIpc) is 3.51. The third kappa shape index (κ3) is 2.76. The van der Waals surface area contributed by atoms with Crippen LogP contribution in [0.15, 0.2) is 48.5 Å². The quantitative estimate of drug-likeness (QED) is 0.845. The zero-order chi connectivity index (χ0) is 19.4. The molecule has 1 saturated heterocycles. The summed E-state index contributed by atoms with van der Waals surface area (Å²) in [6, 6.07) is 14.9. The van der Waals surface area contributed by atoms with Crippen LogP contribution < -0.4 is 10.1 Å². The maximum atomic E-state index is 13.3. The number of amides is 2. The van der Waals surface area contributed by atoms with Gasteiger partial charge in [0.25, 0.3) is 5.91 Å². The topological polar surface area (TPSA) is 58.6 Å². The smallest absolute Gasteiger partial charge is 0.258 e. The van der Waals surface area contributed by atoms with E-state index in [0.29, 0.717) is 42.3 Å². The third-order valence-corrected chi connectivity index (χ3v) is 6.44. The van der Waals surface area contributed by atoms with Crippen LogP contribution in [0.3, 0.4) is 0 Å². The minimum Gasteiger partial charge on any atom is -0.467 e. The van der Waals surface area contributed by atoms with Gasteiger partial charge in [-0.2, -0.15) is 0 Å². The summed E-state index contributed by atoms with van der Waals surface area (Å²) in [5.41, 5.74) is 0.474. The summed E-state index contributed by atoms with van der Waals surface area (Å²) in [5, 5.41) is 3.70. The number of hydrogen-bond acceptors (Lipinski definition) is 3. The molecule has 1 spiro atoms. The van der Waals surface area contributed by atoms with Crippen LogP contribution in [0.2, 0.25) is 5.02 Å². The monoisotopic (exact) mass is 396 g/mol. The van der Waals surface area contributed by atoms with Crippen LogP contribution >= 0.6 is 11.6 Å². The predicted molar refractivity (Wildman–Crippen MR) is 105 cm³/mol. The Bertz CT molecular complexity index is 945. The molecule has 2 heterocycles. The van der Waals surface area contributed by atoms with Crippen molar-refractivity contribution in [3.8, 4) is 5.75 Å². The van der Waals surface area contributed by atoms with Gasteiger partial charge in [0, 0.05) is 31.0 Å². The Morgan fingerprint density at radius 2 is 1.68 bits per heavy atom. The van der Waals surface area contributed by atoms with Crippen LogP contribution in [0.4, 0.5) is 0 Å². The van der Waals surface area contributed by atoms with E-state index in [0.717, 1.165) is 18.4 Å². The van der Waals surface area contributed by atoms with Gasteiger partial charge < -0.3 is 15.0 Å². The second-order valence-corrected chi connectivity index (χ2v) is 8.36. The van der Waals surface area contributed by atoms with Crippen LogP contribution in [0.1, 0.15) is 41.6 Å². The molecule has 0 bridgehead atoms. The van der Waals surface area contributed by atoms with E-state index in [2.05, 4.69) is 5.32 Å². The van der Waals surface area contributed by atoms with Gasteiger partial charge in [0.2, 0.25) is 5.91 Å². The van der Waals surface area contributed by atoms with E-state index in [9.17, 15) is 9.59 Å². The van der Waals surface area contributed by atoms with Gasteiger partial charge in [-0.3, -0.25) is 9.59 Å². The largest absolute Gasteiger partial charge is 0.467 e. The minimum atomic E-state index is -0.723. The highest BCUT2D eigenvalue weighted by Gasteiger charge is 2.54. The van der Waals surface area contributed by atoms with Crippen molar-refractivity contribution < 1.29 is 14.3 Å². The summed E-state index contributed by atoms with van der Waals surface area (Å²) in [6.07, 6.45) is 2.90. The Balaban J connectivity index is 1.31.